The SMILES string of the molecule is Cc1cc(-c2cccc(C(=O)Nc3ccncc3)c2)ccc1O[C@H]1O[C@H](CO)[C@@H](O)C(O)C1O. The average molecular weight is 466 g/mol. The second kappa shape index (κ2) is 10.3. The maximum absolute atomic E-state index is 12.6. The van der Waals surface area contributed by atoms with Crippen LogP contribution in [0.15, 0.2) is 67.0 Å². The summed E-state index contributed by atoms with van der Waals surface area (Å²) in [5.74, 6) is 0.159. The summed E-state index contributed by atoms with van der Waals surface area (Å²) in [6.07, 6.45) is -3.58. The lowest BCUT2D eigenvalue weighted by Crippen LogP contribution is -2.60. The van der Waals surface area contributed by atoms with Gasteiger partial charge in [0.2, 0.25) is 6.29 Å². The van der Waals surface area contributed by atoms with Crippen molar-refractivity contribution in [2.24, 2.45) is 0 Å². The Morgan fingerprint density at radius 3 is 2.44 bits per heavy atom. The second-order valence-corrected chi connectivity index (χ2v) is 8.07. The van der Waals surface area contributed by atoms with E-state index >= 15 is 0 Å². The maximum atomic E-state index is 12.6. The van der Waals surface area contributed by atoms with Gasteiger partial charge in [0.15, 0.2) is 0 Å². The summed E-state index contributed by atoms with van der Waals surface area (Å²) >= 11 is 0. The third-order valence-corrected chi connectivity index (χ3v) is 5.66. The molecule has 9 nitrogen and oxygen atoms in total. The van der Waals surface area contributed by atoms with E-state index in [1.807, 2.05) is 19.1 Å². The van der Waals surface area contributed by atoms with Gasteiger partial charge in [-0.2, -0.15) is 0 Å². The van der Waals surface area contributed by atoms with Crippen LogP contribution in [0.5, 0.6) is 5.75 Å². The molecular formula is C25H26N2O7. The highest BCUT2D eigenvalue weighted by molar-refractivity contribution is 6.04. The smallest absolute Gasteiger partial charge is 0.255 e. The number of carbonyl (C=O) groups is 1. The van der Waals surface area contributed by atoms with Crippen LogP contribution in [0.25, 0.3) is 11.1 Å². The molecule has 3 aromatic rings. The van der Waals surface area contributed by atoms with Crippen LogP contribution in [-0.4, -0.2) is 68.6 Å². The number of rotatable bonds is 6. The molecule has 178 valence electrons. The molecule has 1 amide bonds. The first-order chi connectivity index (χ1) is 16.4. The van der Waals surface area contributed by atoms with Crippen molar-refractivity contribution in [1.29, 1.82) is 0 Å². The van der Waals surface area contributed by atoms with Gasteiger partial charge in [0.1, 0.15) is 30.2 Å². The number of aryl methyl sites for hydroxylation is 1. The van der Waals surface area contributed by atoms with Crippen molar-refractivity contribution >= 4 is 11.6 Å². The quantitative estimate of drug-likeness (QED) is 0.368. The number of pyridine rings is 1. The van der Waals surface area contributed by atoms with E-state index in [0.717, 1.165) is 16.7 Å². The Labute approximate surface area is 196 Å². The summed E-state index contributed by atoms with van der Waals surface area (Å²) in [6.45, 7) is 1.27. The standard InChI is InChI=1S/C25H26N2O7/c1-14-11-16(5-6-19(14)33-25-23(31)22(30)21(29)20(13-28)34-25)15-3-2-4-17(12-15)24(32)27-18-7-9-26-10-8-18/h2-12,20-23,25,28-31H,13H2,1H3,(H,26,27,32)/t20-,21-,22?,23?,25+/m1/s1. The summed E-state index contributed by atoms with van der Waals surface area (Å²) in [7, 11) is 0. The molecule has 2 heterocycles. The van der Waals surface area contributed by atoms with Crippen molar-refractivity contribution in [1.82, 2.24) is 4.98 Å². The van der Waals surface area contributed by atoms with Crippen molar-refractivity contribution in [3.05, 3.63) is 78.1 Å². The van der Waals surface area contributed by atoms with Gasteiger partial charge in [-0.25, -0.2) is 0 Å². The van der Waals surface area contributed by atoms with Gasteiger partial charge in [0.05, 0.1) is 6.61 Å². The molecule has 4 rings (SSSR count). The summed E-state index contributed by atoms with van der Waals surface area (Å²) in [5.41, 5.74) is 3.53. The molecule has 5 atom stereocenters. The van der Waals surface area contributed by atoms with E-state index in [-0.39, 0.29) is 5.91 Å². The number of anilines is 1. The molecule has 5 N–H and O–H groups in total. The van der Waals surface area contributed by atoms with Gasteiger partial charge in [-0.1, -0.05) is 18.2 Å². The molecule has 2 unspecified atom stereocenters. The molecule has 1 saturated heterocycles. The molecule has 1 aliphatic rings. The van der Waals surface area contributed by atoms with E-state index in [4.69, 9.17) is 9.47 Å². The van der Waals surface area contributed by atoms with E-state index in [1.54, 1.807) is 54.9 Å². The van der Waals surface area contributed by atoms with Gasteiger partial charge >= 0.3 is 0 Å². The zero-order valence-corrected chi connectivity index (χ0v) is 18.4. The molecule has 34 heavy (non-hydrogen) atoms. The predicted molar refractivity (Wildman–Crippen MR) is 123 cm³/mol. The Balaban J connectivity index is 1.50. The van der Waals surface area contributed by atoms with E-state index in [2.05, 4.69) is 10.3 Å². The Hall–Kier alpha value is -3.34. The van der Waals surface area contributed by atoms with Gasteiger partial charge in [-0.05, 0) is 60.0 Å². The number of aromatic nitrogens is 1. The van der Waals surface area contributed by atoms with Gasteiger partial charge in [0, 0.05) is 23.6 Å². The van der Waals surface area contributed by atoms with Crippen molar-refractivity contribution in [3.8, 4) is 16.9 Å². The van der Waals surface area contributed by atoms with Crippen molar-refractivity contribution in [3.63, 3.8) is 0 Å². The van der Waals surface area contributed by atoms with Gasteiger partial charge in [0.25, 0.3) is 5.91 Å². The number of nitrogens with zero attached hydrogens (tertiary/aromatic N) is 1. The van der Waals surface area contributed by atoms with Crippen LogP contribution in [0.3, 0.4) is 0 Å². The van der Waals surface area contributed by atoms with Crippen molar-refractivity contribution in [2.75, 3.05) is 11.9 Å². The molecule has 9 heteroatoms. The van der Waals surface area contributed by atoms with Gasteiger partial charge < -0.3 is 35.2 Å². The minimum atomic E-state index is -1.52. The molecule has 1 fully saturated rings. The number of hydrogen-bond acceptors (Lipinski definition) is 8. The number of ether oxygens (including phenoxy) is 2. The summed E-state index contributed by atoms with van der Waals surface area (Å²) in [6, 6.07) is 16.0. The fourth-order valence-electron chi connectivity index (χ4n) is 3.73. The number of aliphatic hydroxyl groups is 4. The van der Waals surface area contributed by atoms with Crippen LogP contribution in [-0.2, 0) is 4.74 Å². The summed E-state index contributed by atoms with van der Waals surface area (Å²) in [5, 5.41) is 42.3. The number of carbonyl (C=O) groups excluding carboxylic acids is 1. The van der Waals surface area contributed by atoms with E-state index in [1.165, 1.54) is 0 Å². The van der Waals surface area contributed by atoms with Crippen LogP contribution >= 0.6 is 0 Å². The highest BCUT2D eigenvalue weighted by atomic mass is 16.7. The number of amides is 1. The topological polar surface area (TPSA) is 141 Å². The lowest BCUT2D eigenvalue weighted by atomic mass is 9.99. The molecular weight excluding hydrogens is 440 g/mol. The summed E-state index contributed by atoms with van der Waals surface area (Å²) in [4.78, 5) is 16.6. The minimum Gasteiger partial charge on any atom is -0.462 e. The van der Waals surface area contributed by atoms with Crippen LogP contribution in [0.2, 0.25) is 0 Å². The molecule has 2 aromatic carbocycles. The highest BCUT2D eigenvalue weighted by Crippen LogP contribution is 2.30. The highest BCUT2D eigenvalue weighted by Gasteiger charge is 2.44. The second-order valence-electron chi connectivity index (χ2n) is 8.07. The lowest BCUT2D eigenvalue weighted by molar-refractivity contribution is -0.277. The summed E-state index contributed by atoms with van der Waals surface area (Å²) < 4.78 is 11.2. The Kier molecular flexibility index (Phi) is 7.20. The first-order valence-corrected chi connectivity index (χ1v) is 10.8. The van der Waals surface area contributed by atoms with E-state index < -0.39 is 37.3 Å². The first-order valence-electron chi connectivity index (χ1n) is 10.8. The van der Waals surface area contributed by atoms with E-state index in [0.29, 0.717) is 17.0 Å². The minimum absolute atomic E-state index is 0.243. The normalized spacial score (nSPS) is 24.4. The van der Waals surface area contributed by atoms with Crippen LogP contribution in [0, 0.1) is 6.92 Å². The zero-order valence-electron chi connectivity index (χ0n) is 18.4. The number of nitrogens with one attached hydrogen (secondary N) is 1. The van der Waals surface area contributed by atoms with Gasteiger partial charge in [-0.15, -0.1) is 0 Å². The van der Waals surface area contributed by atoms with Crippen molar-refractivity contribution < 1.29 is 34.7 Å². The Morgan fingerprint density at radius 1 is 1.00 bits per heavy atom. The molecule has 0 radical (unpaired) electrons. The average Bonchev–Trinajstić information content (AvgIpc) is 2.86. The van der Waals surface area contributed by atoms with Crippen LogP contribution in [0.1, 0.15) is 15.9 Å². The maximum Gasteiger partial charge on any atom is 0.255 e. The van der Waals surface area contributed by atoms with Crippen LogP contribution < -0.4 is 10.1 Å². The number of aliphatic hydroxyl groups excluding tert-OH is 4. The van der Waals surface area contributed by atoms with E-state index in [9.17, 15) is 25.2 Å². The lowest BCUT2D eigenvalue weighted by Gasteiger charge is -2.39. The molecule has 0 spiro atoms. The molecule has 1 aromatic heterocycles. The fourth-order valence-corrected chi connectivity index (χ4v) is 3.73. The number of hydrogen-bond donors (Lipinski definition) is 5. The number of benzene rings is 2. The van der Waals surface area contributed by atoms with Crippen LogP contribution in [0.4, 0.5) is 5.69 Å². The Morgan fingerprint density at radius 2 is 1.74 bits per heavy atom. The molecule has 0 bridgehead atoms. The molecule has 0 saturated carbocycles. The molecule has 1 aliphatic heterocycles. The molecule has 0 aliphatic carbocycles. The first kappa shape index (κ1) is 23.8. The third kappa shape index (κ3) is 5.09. The van der Waals surface area contributed by atoms with Gasteiger partial charge in [-0.3, -0.25) is 9.78 Å². The Bertz CT molecular complexity index is 1140. The largest absolute Gasteiger partial charge is 0.462 e. The third-order valence-electron chi connectivity index (χ3n) is 5.66. The fraction of sp³-hybridized carbons (Fsp3) is 0.280. The van der Waals surface area contributed by atoms with Crippen molar-refractivity contribution in [2.45, 2.75) is 37.6 Å². The monoisotopic (exact) mass is 466 g/mol. The zero-order chi connectivity index (χ0) is 24.2. The predicted octanol–water partition coefficient (Wildman–Crippen LogP) is 1.49.